The standard InChI is InChI=1S/C21H38/c1-7-10-11-12-13-14-15-16-18-21(9-3,19(4)5)20(6)17-8-2/h1,8,19-20H,2,9-18H2,3-6H3. The zero-order valence-electron chi connectivity index (χ0n) is 15.1. The van der Waals surface area contributed by atoms with Gasteiger partial charge in [-0.15, -0.1) is 18.9 Å². The lowest BCUT2D eigenvalue weighted by atomic mass is 9.63. The van der Waals surface area contributed by atoms with Crippen LogP contribution in [0.25, 0.3) is 0 Å². The lowest BCUT2D eigenvalue weighted by Crippen LogP contribution is -2.33. The van der Waals surface area contributed by atoms with Gasteiger partial charge >= 0.3 is 0 Å². The molecule has 0 radical (unpaired) electrons. The molecule has 0 amide bonds. The molecule has 0 aromatic carbocycles. The molecule has 0 heteroatoms. The van der Waals surface area contributed by atoms with Gasteiger partial charge < -0.3 is 0 Å². The van der Waals surface area contributed by atoms with Gasteiger partial charge in [-0.05, 0) is 42.9 Å². The molecule has 0 aliphatic heterocycles. The van der Waals surface area contributed by atoms with Crippen LogP contribution < -0.4 is 0 Å². The average Bonchev–Trinajstić information content (AvgIpc) is 2.46. The van der Waals surface area contributed by atoms with Gasteiger partial charge in [-0.25, -0.2) is 0 Å². The van der Waals surface area contributed by atoms with Crippen LogP contribution in [-0.4, -0.2) is 0 Å². The monoisotopic (exact) mass is 290 g/mol. The minimum Gasteiger partial charge on any atom is -0.120 e. The lowest BCUT2D eigenvalue weighted by molar-refractivity contribution is 0.0787. The number of hydrogen-bond acceptors (Lipinski definition) is 0. The quantitative estimate of drug-likeness (QED) is 0.194. The van der Waals surface area contributed by atoms with E-state index in [1.54, 1.807) is 0 Å². The van der Waals surface area contributed by atoms with Gasteiger partial charge in [0.05, 0.1) is 0 Å². The summed E-state index contributed by atoms with van der Waals surface area (Å²) in [5.74, 6) is 4.23. The second-order valence-electron chi connectivity index (χ2n) is 6.99. The van der Waals surface area contributed by atoms with Gasteiger partial charge in [-0.2, -0.15) is 0 Å². The maximum Gasteiger partial charge on any atom is 0.00860 e. The van der Waals surface area contributed by atoms with Crippen molar-refractivity contribution >= 4 is 0 Å². The predicted molar refractivity (Wildman–Crippen MR) is 97.3 cm³/mol. The highest BCUT2D eigenvalue weighted by Crippen LogP contribution is 2.45. The Morgan fingerprint density at radius 2 is 1.62 bits per heavy atom. The Hall–Kier alpha value is -0.700. The minimum absolute atomic E-state index is 0.498. The van der Waals surface area contributed by atoms with Crippen LogP contribution in [0.2, 0.25) is 0 Å². The smallest absolute Gasteiger partial charge is 0.00860 e. The maximum absolute atomic E-state index is 5.28. The molecule has 0 N–H and O–H groups in total. The van der Waals surface area contributed by atoms with Crippen molar-refractivity contribution in [1.29, 1.82) is 0 Å². The molecule has 0 nitrogen and oxygen atoms in total. The van der Waals surface area contributed by atoms with Crippen molar-refractivity contribution < 1.29 is 0 Å². The summed E-state index contributed by atoms with van der Waals surface area (Å²) in [5, 5.41) is 0. The third-order valence-electron chi connectivity index (χ3n) is 5.52. The largest absolute Gasteiger partial charge is 0.120 e. The Balaban J connectivity index is 4.14. The molecule has 21 heavy (non-hydrogen) atoms. The van der Waals surface area contributed by atoms with Crippen LogP contribution in [-0.2, 0) is 0 Å². The van der Waals surface area contributed by atoms with Gasteiger partial charge in [0.1, 0.15) is 0 Å². The van der Waals surface area contributed by atoms with E-state index in [0.29, 0.717) is 5.41 Å². The van der Waals surface area contributed by atoms with Gasteiger partial charge in [0.15, 0.2) is 0 Å². The lowest BCUT2D eigenvalue weighted by Gasteiger charge is -2.42. The first-order valence-electron chi connectivity index (χ1n) is 9.09. The summed E-state index contributed by atoms with van der Waals surface area (Å²) in [5.41, 5.74) is 0.498. The fourth-order valence-corrected chi connectivity index (χ4v) is 3.91. The molecule has 122 valence electrons. The van der Waals surface area contributed by atoms with Crippen LogP contribution in [0.4, 0.5) is 0 Å². The summed E-state index contributed by atoms with van der Waals surface area (Å²) in [6, 6.07) is 0. The van der Waals surface area contributed by atoms with Crippen LogP contribution in [0.3, 0.4) is 0 Å². The third-order valence-corrected chi connectivity index (χ3v) is 5.52. The normalized spacial score (nSPS) is 15.4. The fraction of sp³-hybridized carbons (Fsp3) is 0.810. The van der Waals surface area contributed by atoms with E-state index >= 15 is 0 Å². The Kier molecular flexibility index (Phi) is 11.5. The summed E-state index contributed by atoms with van der Waals surface area (Å²) in [7, 11) is 0. The topological polar surface area (TPSA) is 0 Å². The number of hydrogen-bond donors (Lipinski definition) is 0. The van der Waals surface area contributed by atoms with Gasteiger partial charge in [-0.3, -0.25) is 0 Å². The highest BCUT2D eigenvalue weighted by atomic mass is 14.4. The van der Waals surface area contributed by atoms with E-state index in [0.717, 1.165) is 24.7 Å². The van der Waals surface area contributed by atoms with Gasteiger partial charge in [-0.1, -0.05) is 65.9 Å². The molecule has 2 unspecified atom stereocenters. The van der Waals surface area contributed by atoms with Crippen molar-refractivity contribution in [2.45, 2.75) is 91.9 Å². The number of allylic oxidation sites excluding steroid dienone is 1. The molecule has 2 atom stereocenters. The summed E-state index contributed by atoms with van der Waals surface area (Å²) < 4.78 is 0. The zero-order chi connectivity index (χ0) is 16.1. The van der Waals surface area contributed by atoms with E-state index in [1.165, 1.54) is 51.4 Å². The van der Waals surface area contributed by atoms with Crippen molar-refractivity contribution in [3.05, 3.63) is 12.7 Å². The molecular weight excluding hydrogens is 252 g/mol. The molecule has 0 rings (SSSR count). The second kappa shape index (κ2) is 11.9. The van der Waals surface area contributed by atoms with Crippen LogP contribution in [0, 0.1) is 29.6 Å². The molecule has 0 fully saturated rings. The van der Waals surface area contributed by atoms with Gasteiger partial charge in [0.25, 0.3) is 0 Å². The van der Waals surface area contributed by atoms with E-state index in [9.17, 15) is 0 Å². The van der Waals surface area contributed by atoms with E-state index in [4.69, 9.17) is 6.42 Å². The fourth-order valence-electron chi connectivity index (χ4n) is 3.91. The molecule has 0 saturated heterocycles. The number of rotatable bonds is 13. The molecule has 0 aromatic rings. The molecule has 0 aliphatic carbocycles. The average molecular weight is 291 g/mol. The van der Waals surface area contributed by atoms with Crippen molar-refractivity contribution in [2.75, 3.05) is 0 Å². The van der Waals surface area contributed by atoms with Crippen LogP contribution >= 0.6 is 0 Å². The summed E-state index contributed by atoms with van der Waals surface area (Å²) in [6.45, 7) is 13.5. The Morgan fingerprint density at radius 1 is 1.05 bits per heavy atom. The molecule has 0 aliphatic rings. The summed E-state index contributed by atoms with van der Waals surface area (Å²) in [6.07, 6.45) is 20.1. The highest BCUT2D eigenvalue weighted by Gasteiger charge is 2.36. The van der Waals surface area contributed by atoms with Crippen molar-refractivity contribution in [3.8, 4) is 12.3 Å². The maximum atomic E-state index is 5.28. The number of unbranched alkanes of at least 4 members (excludes halogenated alkanes) is 6. The highest BCUT2D eigenvalue weighted by molar-refractivity contribution is 4.89. The molecule has 0 spiro atoms. The first kappa shape index (κ1) is 20.3. The first-order valence-corrected chi connectivity index (χ1v) is 9.09. The Bertz CT molecular complexity index is 294. The molecule has 0 saturated carbocycles. The first-order chi connectivity index (χ1) is 10.0. The van der Waals surface area contributed by atoms with Crippen molar-refractivity contribution in [2.24, 2.45) is 17.3 Å². The van der Waals surface area contributed by atoms with E-state index < -0.39 is 0 Å². The van der Waals surface area contributed by atoms with E-state index in [1.807, 2.05) is 0 Å². The number of terminal acetylenes is 1. The SMILES string of the molecule is C#CCCCCCCCCC(CC)(C(C)C)C(C)CC=C. The van der Waals surface area contributed by atoms with Crippen molar-refractivity contribution in [3.63, 3.8) is 0 Å². The zero-order valence-corrected chi connectivity index (χ0v) is 15.1. The van der Waals surface area contributed by atoms with Gasteiger partial charge in [0, 0.05) is 6.42 Å². The third kappa shape index (κ3) is 7.21. The Labute approximate surface area is 134 Å². The predicted octanol–water partition coefficient (Wildman–Crippen LogP) is 7.01. The Morgan fingerprint density at radius 3 is 2.10 bits per heavy atom. The van der Waals surface area contributed by atoms with Crippen LogP contribution in [0.15, 0.2) is 12.7 Å². The molecule has 0 aromatic heterocycles. The van der Waals surface area contributed by atoms with Crippen LogP contribution in [0.5, 0.6) is 0 Å². The summed E-state index contributed by atoms with van der Waals surface area (Å²) >= 11 is 0. The van der Waals surface area contributed by atoms with Crippen molar-refractivity contribution in [1.82, 2.24) is 0 Å². The molecule has 0 bridgehead atoms. The van der Waals surface area contributed by atoms with E-state index in [-0.39, 0.29) is 0 Å². The summed E-state index contributed by atoms with van der Waals surface area (Å²) in [4.78, 5) is 0. The molecular formula is C21H38. The minimum atomic E-state index is 0.498. The van der Waals surface area contributed by atoms with E-state index in [2.05, 4.69) is 46.3 Å². The second-order valence-corrected chi connectivity index (χ2v) is 6.99. The molecule has 0 heterocycles. The van der Waals surface area contributed by atoms with Crippen LogP contribution in [0.1, 0.15) is 91.9 Å². The van der Waals surface area contributed by atoms with Gasteiger partial charge in [0.2, 0.25) is 0 Å².